The van der Waals surface area contributed by atoms with Gasteiger partial charge in [0, 0.05) is 19.3 Å². The second-order valence-corrected chi connectivity index (χ2v) is 8.59. The van der Waals surface area contributed by atoms with Crippen LogP contribution in [0.1, 0.15) is 129 Å². The minimum absolute atomic E-state index is 0.102. The summed E-state index contributed by atoms with van der Waals surface area (Å²) < 4.78 is 4.76. The summed E-state index contributed by atoms with van der Waals surface area (Å²) >= 11 is 0. The monoisotopic (exact) mass is 455 g/mol. The van der Waals surface area contributed by atoms with Crippen molar-refractivity contribution in [2.75, 3.05) is 0 Å². The molecular weight excluding hydrogens is 410 g/mol. The maximum Gasteiger partial charge on any atom is 0.326 e. The predicted octanol–water partition coefficient (Wildman–Crippen LogP) is 5.69. The molecular formula is C25H45NO6. The Hall–Kier alpha value is -1.92. The number of rotatable bonds is 21. The summed E-state index contributed by atoms with van der Waals surface area (Å²) in [6.07, 6.45) is 16.5. The van der Waals surface area contributed by atoms with E-state index >= 15 is 0 Å². The number of amides is 1. The maximum absolute atomic E-state index is 11.8. The molecule has 0 radical (unpaired) electrons. The Labute approximate surface area is 194 Å². The maximum atomic E-state index is 11.8. The van der Waals surface area contributed by atoms with E-state index < -0.39 is 23.9 Å². The molecule has 0 saturated carbocycles. The Kier molecular flexibility index (Phi) is 19.7. The number of ether oxygens (including phenoxy) is 1. The second-order valence-electron chi connectivity index (χ2n) is 8.59. The van der Waals surface area contributed by atoms with Gasteiger partial charge >= 0.3 is 17.9 Å². The van der Waals surface area contributed by atoms with Crippen LogP contribution in [0.5, 0.6) is 0 Å². The smallest absolute Gasteiger partial charge is 0.326 e. The number of nitrogens with one attached hydrogen (secondary N) is 1. The molecule has 0 aromatic carbocycles. The highest BCUT2D eigenvalue weighted by Gasteiger charge is 2.21. The van der Waals surface area contributed by atoms with Gasteiger partial charge in [-0.25, -0.2) is 4.79 Å². The highest BCUT2D eigenvalue weighted by atomic mass is 16.6. The van der Waals surface area contributed by atoms with Gasteiger partial charge in [0.25, 0.3) is 0 Å². The minimum Gasteiger partial charge on any atom is -0.480 e. The van der Waals surface area contributed by atoms with E-state index in [1.807, 2.05) is 6.92 Å². The number of esters is 2. The topological polar surface area (TPSA) is 110 Å². The fraction of sp³-hybridized carbons (Fsp3) is 0.840. The Morgan fingerprint density at radius 1 is 0.656 bits per heavy atom. The minimum atomic E-state index is -1.21. The molecule has 1 amide bonds. The molecule has 0 saturated heterocycles. The lowest BCUT2D eigenvalue weighted by atomic mass is 10.0. The average molecular weight is 456 g/mol. The molecule has 0 fully saturated rings. The van der Waals surface area contributed by atoms with Crippen molar-refractivity contribution in [3.05, 3.63) is 0 Å². The lowest BCUT2D eigenvalue weighted by Gasteiger charge is -2.13. The standard InChI is InChI=1S/C25H45NO6/c1-3-5-6-7-8-9-10-11-12-13-14-15-16-18-23(28)32-24(29)20-19-21(25(30)31)26-22(27)17-4-2/h21H,3-20H2,1-2H3,(H,26,27)(H,30,31)/t21-/m0/s1. The number of carbonyl (C=O) groups excluding carboxylic acids is 3. The molecule has 32 heavy (non-hydrogen) atoms. The molecule has 0 aliphatic heterocycles. The van der Waals surface area contributed by atoms with Gasteiger partial charge in [-0.3, -0.25) is 14.4 Å². The largest absolute Gasteiger partial charge is 0.480 e. The first kappa shape index (κ1) is 30.1. The Bertz CT molecular complexity index is 535. The molecule has 7 nitrogen and oxygen atoms in total. The molecule has 0 spiro atoms. The van der Waals surface area contributed by atoms with Crippen LogP contribution in [0.15, 0.2) is 0 Å². The normalized spacial score (nSPS) is 11.7. The van der Waals surface area contributed by atoms with Gasteiger partial charge in [-0.15, -0.1) is 0 Å². The van der Waals surface area contributed by atoms with E-state index in [0.717, 1.165) is 12.8 Å². The first-order chi connectivity index (χ1) is 15.4. The summed E-state index contributed by atoms with van der Waals surface area (Å²) in [5.74, 6) is -2.90. The molecule has 0 bridgehead atoms. The number of unbranched alkanes of at least 4 members (excludes halogenated alkanes) is 12. The summed E-state index contributed by atoms with van der Waals surface area (Å²) in [5.41, 5.74) is 0. The van der Waals surface area contributed by atoms with Gasteiger partial charge in [-0.1, -0.05) is 90.9 Å². The van der Waals surface area contributed by atoms with E-state index in [2.05, 4.69) is 12.2 Å². The van der Waals surface area contributed by atoms with Crippen LogP contribution in [0.4, 0.5) is 0 Å². The number of hydrogen-bond acceptors (Lipinski definition) is 5. The van der Waals surface area contributed by atoms with E-state index in [9.17, 15) is 19.2 Å². The summed E-state index contributed by atoms with van der Waals surface area (Å²) in [6.45, 7) is 4.05. The van der Waals surface area contributed by atoms with Gasteiger partial charge in [0.2, 0.25) is 5.91 Å². The van der Waals surface area contributed by atoms with Gasteiger partial charge in [-0.2, -0.15) is 0 Å². The lowest BCUT2D eigenvalue weighted by Crippen LogP contribution is -2.41. The Balaban J connectivity index is 3.69. The molecule has 0 aliphatic carbocycles. The molecule has 1 atom stereocenters. The highest BCUT2D eigenvalue weighted by Crippen LogP contribution is 2.13. The van der Waals surface area contributed by atoms with E-state index in [1.54, 1.807) is 0 Å². The third kappa shape index (κ3) is 18.8. The number of carboxylic acid groups (broad SMARTS) is 1. The average Bonchev–Trinajstić information content (AvgIpc) is 2.74. The van der Waals surface area contributed by atoms with Crippen LogP contribution < -0.4 is 5.32 Å². The summed E-state index contributed by atoms with van der Waals surface area (Å²) in [6, 6.07) is -1.15. The summed E-state index contributed by atoms with van der Waals surface area (Å²) in [7, 11) is 0. The van der Waals surface area contributed by atoms with E-state index in [4.69, 9.17) is 9.84 Å². The van der Waals surface area contributed by atoms with Crippen molar-refractivity contribution < 1.29 is 29.0 Å². The predicted molar refractivity (Wildman–Crippen MR) is 125 cm³/mol. The van der Waals surface area contributed by atoms with Crippen molar-refractivity contribution in [1.29, 1.82) is 0 Å². The zero-order chi connectivity index (χ0) is 24.0. The van der Waals surface area contributed by atoms with Crippen LogP contribution in [0.3, 0.4) is 0 Å². The van der Waals surface area contributed by atoms with Crippen molar-refractivity contribution in [1.82, 2.24) is 5.32 Å². The molecule has 0 aromatic heterocycles. The van der Waals surface area contributed by atoms with Crippen LogP contribution in [-0.2, 0) is 23.9 Å². The van der Waals surface area contributed by atoms with Crippen LogP contribution in [0, 0.1) is 0 Å². The van der Waals surface area contributed by atoms with E-state index in [0.29, 0.717) is 12.8 Å². The third-order valence-electron chi connectivity index (χ3n) is 5.46. The summed E-state index contributed by atoms with van der Waals surface area (Å²) in [4.78, 5) is 46.3. The van der Waals surface area contributed by atoms with Crippen molar-refractivity contribution in [2.24, 2.45) is 0 Å². The van der Waals surface area contributed by atoms with Gasteiger partial charge in [-0.05, 0) is 19.3 Å². The first-order valence-electron chi connectivity index (χ1n) is 12.7. The lowest BCUT2D eigenvalue weighted by molar-refractivity contribution is -0.160. The second kappa shape index (κ2) is 21.0. The van der Waals surface area contributed by atoms with Gasteiger partial charge in [0.1, 0.15) is 6.04 Å². The molecule has 0 aliphatic rings. The van der Waals surface area contributed by atoms with Gasteiger partial charge in [0.05, 0.1) is 0 Å². The fourth-order valence-electron chi connectivity index (χ4n) is 3.53. The zero-order valence-electron chi connectivity index (χ0n) is 20.3. The Morgan fingerprint density at radius 2 is 1.12 bits per heavy atom. The van der Waals surface area contributed by atoms with E-state index in [1.165, 1.54) is 64.2 Å². The quantitative estimate of drug-likeness (QED) is 0.131. The molecule has 7 heteroatoms. The van der Waals surface area contributed by atoms with Crippen LogP contribution >= 0.6 is 0 Å². The highest BCUT2D eigenvalue weighted by molar-refractivity contribution is 5.86. The third-order valence-corrected chi connectivity index (χ3v) is 5.46. The van der Waals surface area contributed by atoms with Gasteiger partial charge < -0.3 is 15.2 Å². The van der Waals surface area contributed by atoms with E-state index in [-0.39, 0.29) is 31.6 Å². The summed E-state index contributed by atoms with van der Waals surface area (Å²) in [5, 5.41) is 11.5. The molecule has 0 rings (SSSR count). The fourth-order valence-corrected chi connectivity index (χ4v) is 3.53. The molecule has 186 valence electrons. The first-order valence-corrected chi connectivity index (χ1v) is 12.7. The Morgan fingerprint density at radius 3 is 1.59 bits per heavy atom. The zero-order valence-corrected chi connectivity index (χ0v) is 20.3. The van der Waals surface area contributed by atoms with Crippen molar-refractivity contribution in [3.8, 4) is 0 Å². The molecule has 2 N–H and O–H groups in total. The number of carbonyl (C=O) groups is 4. The van der Waals surface area contributed by atoms with Crippen LogP contribution in [0.25, 0.3) is 0 Å². The molecule has 0 aromatic rings. The van der Waals surface area contributed by atoms with Crippen LogP contribution in [0.2, 0.25) is 0 Å². The van der Waals surface area contributed by atoms with Crippen molar-refractivity contribution >= 4 is 23.8 Å². The van der Waals surface area contributed by atoms with Gasteiger partial charge in [0.15, 0.2) is 0 Å². The van der Waals surface area contributed by atoms with Crippen molar-refractivity contribution in [2.45, 2.75) is 135 Å². The number of carboxylic acids is 1. The van der Waals surface area contributed by atoms with Crippen LogP contribution in [-0.4, -0.2) is 35.0 Å². The molecule has 0 unspecified atom stereocenters. The number of aliphatic carboxylic acids is 1. The molecule has 0 heterocycles. The van der Waals surface area contributed by atoms with Crippen molar-refractivity contribution in [3.63, 3.8) is 0 Å². The number of hydrogen-bond donors (Lipinski definition) is 2. The SMILES string of the molecule is CCCCCCCCCCCCCCCC(=O)OC(=O)CC[C@H](NC(=O)CCC)C(=O)O.